The summed E-state index contributed by atoms with van der Waals surface area (Å²) in [5.74, 6) is 0.475. The van der Waals surface area contributed by atoms with Gasteiger partial charge in [0, 0.05) is 12.7 Å². The van der Waals surface area contributed by atoms with E-state index >= 15 is 0 Å². The molecule has 0 aromatic heterocycles. The van der Waals surface area contributed by atoms with E-state index in [0.717, 1.165) is 0 Å². The number of halogens is 1. The molecule has 5 nitrogen and oxygen atoms in total. The van der Waals surface area contributed by atoms with Crippen LogP contribution in [0.5, 0.6) is 5.75 Å². The summed E-state index contributed by atoms with van der Waals surface area (Å²) in [5.41, 5.74) is 5.91. The normalized spacial score (nSPS) is 11.5. The highest BCUT2D eigenvalue weighted by Crippen LogP contribution is 2.25. The van der Waals surface area contributed by atoms with Gasteiger partial charge in [-0.2, -0.15) is 0 Å². The molecule has 0 spiro atoms. The predicted molar refractivity (Wildman–Crippen MR) is 56.5 cm³/mol. The highest BCUT2D eigenvalue weighted by molar-refractivity contribution is 6.32. The second-order valence-corrected chi connectivity index (χ2v) is 3.09. The Morgan fingerprint density at radius 3 is 2.87 bits per heavy atom. The molecule has 0 fully saturated rings. The number of oxime groups is 1. The molecule has 0 saturated heterocycles. The Balaban J connectivity index is 2.88. The van der Waals surface area contributed by atoms with Gasteiger partial charge in [0.25, 0.3) is 0 Å². The lowest BCUT2D eigenvalue weighted by Gasteiger charge is -2.07. The van der Waals surface area contributed by atoms with Gasteiger partial charge in [0.2, 0.25) is 0 Å². The minimum atomic E-state index is -0.00445. The molecule has 6 heteroatoms. The van der Waals surface area contributed by atoms with Gasteiger partial charge in [-0.3, -0.25) is 0 Å². The highest BCUT2D eigenvalue weighted by Gasteiger charge is 2.05. The number of rotatable bonds is 4. The number of hydrogen-bond donors (Lipinski definition) is 2. The third-order valence-corrected chi connectivity index (χ3v) is 1.96. The summed E-state index contributed by atoms with van der Waals surface area (Å²) < 4.78 is 9.89. The quantitative estimate of drug-likeness (QED) is 0.270. The van der Waals surface area contributed by atoms with Gasteiger partial charge in [0.15, 0.2) is 12.6 Å². The third-order valence-electron chi connectivity index (χ3n) is 1.67. The van der Waals surface area contributed by atoms with Gasteiger partial charge >= 0.3 is 0 Å². The monoisotopic (exact) mass is 230 g/mol. The van der Waals surface area contributed by atoms with Gasteiger partial charge in [-0.1, -0.05) is 16.8 Å². The van der Waals surface area contributed by atoms with E-state index in [9.17, 15) is 0 Å². The zero-order chi connectivity index (χ0) is 11.3. The molecule has 1 rings (SSSR count). The summed E-state index contributed by atoms with van der Waals surface area (Å²) in [6.45, 7) is 0.114. The molecule has 1 aromatic carbocycles. The van der Waals surface area contributed by atoms with E-state index in [4.69, 9.17) is 32.0 Å². The maximum Gasteiger partial charge on any atom is 0.188 e. The van der Waals surface area contributed by atoms with Crippen LogP contribution in [0.15, 0.2) is 23.4 Å². The molecule has 0 heterocycles. The second-order valence-electron chi connectivity index (χ2n) is 2.68. The minimum absolute atomic E-state index is 0.00445. The van der Waals surface area contributed by atoms with Gasteiger partial charge in [-0.25, -0.2) is 0 Å². The molecular weight excluding hydrogens is 220 g/mol. The smallest absolute Gasteiger partial charge is 0.188 e. The molecule has 0 unspecified atom stereocenters. The Hall–Kier alpha value is -1.46. The van der Waals surface area contributed by atoms with E-state index in [0.29, 0.717) is 16.3 Å². The van der Waals surface area contributed by atoms with Crippen molar-refractivity contribution in [1.29, 1.82) is 0 Å². The summed E-state index contributed by atoms with van der Waals surface area (Å²) in [4.78, 5) is 0. The lowest BCUT2D eigenvalue weighted by atomic mass is 10.2. The van der Waals surface area contributed by atoms with Crippen LogP contribution in [0.25, 0.3) is 0 Å². The van der Waals surface area contributed by atoms with E-state index in [1.165, 1.54) is 7.11 Å². The van der Waals surface area contributed by atoms with Gasteiger partial charge in [0.05, 0.1) is 5.02 Å². The van der Waals surface area contributed by atoms with E-state index in [1.807, 2.05) is 0 Å². The summed E-state index contributed by atoms with van der Waals surface area (Å²) in [6.07, 6.45) is 0. The van der Waals surface area contributed by atoms with E-state index in [1.54, 1.807) is 18.2 Å². The molecular formula is C9H11ClN2O3. The number of nitrogens with two attached hydrogens (primary N) is 1. The molecule has 3 N–H and O–H groups in total. The third kappa shape index (κ3) is 3.00. The molecule has 0 saturated carbocycles. The number of hydrogen-bond acceptors (Lipinski definition) is 4. The van der Waals surface area contributed by atoms with Crippen LogP contribution in [0.4, 0.5) is 0 Å². The van der Waals surface area contributed by atoms with Crippen molar-refractivity contribution < 1.29 is 14.7 Å². The maximum atomic E-state index is 8.46. The van der Waals surface area contributed by atoms with E-state index < -0.39 is 0 Å². The molecule has 1 aromatic rings. The number of methoxy groups -OCH3 is 1. The SMILES string of the molecule is COCOc1ccc(C(N)=NO)cc1Cl. The molecule has 82 valence electrons. The first kappa shape index (κ1) is 11.6. The fourth-order valence-electron chi connectivity index (χ4n) is 0.957. The largest absolute Gasteiger partial charge is 0.466 e. The van der Waals surface area contributed by atoms with Crippen LogP contribution in [-0.2, 0) is 4.74 Å². The molecule has 0 amide bonds. The van der Waals surface area contributed by atoms with Crippen molar-refractivity contribution in [1.82, 2.24) is 0 Å². The maximum absolute atomic E-state index is 8.46. The molecule has 0 radical (unpaired) electrons. The number of amidine groups is 1. The summed E-state index contributed by atoms with van der Waals surface area (Å²) >= 11 is 5.89. The Bertz CT molecular complexity index is 368. The Morgan fingerprint density at radius 1 is 1.60 bits per heavy atom. The molecule has 0 bridgehead atoms. The Labute approximate surface area is 92.0 Å². The molecule has 0 aliphatic rings. The number of benzene rings is 1. The average Bonchev–Trinajstić information content (AvgIpc) is 2.26. The van der Waals surface area contributed by atoms with E-state index in [-0.39, 0.29) is 12.6 Å². The van der Waals surface area contributed by atoms with Crippen molar-refractivity contribution in [3.63, 3.8) is 0 Å². The minimum Gasteiger partial charge on any atom is -0.466 e. The summed E-state index contributed by atoms with van der Waals surface area (Å²) in [5, 5.41) is 11.7. The van der Waals surface area contributed by atoms with Crippen LogP contribution in [-0.4, -0.2) is 24.9 Å². The highest BCUT2D eigenvalue weighted by atomic mass is 35.5. The molecule has 0 atom stereocenters. The first-order chi connectivity index (χ1) is 7.19. The first-order valence-electron chi connectivity index (χ1n) is 4.08. The van der Waals surface area contributed by atoms with Crippen LogP contribution in [0, 0.1) is 0 Å². The molecule has 15 heavy (non-hydrogen) atoms. The van der Waals surface area contributed by atoms with Crippen molar-refractivity contribution in [3.05, 3.63) is 28.8 Å². The van der Waals surface area contributed by atoms with E-state index in [2.05, 4.69) is 5.16 Å². The lowest BCUT2D eigenvalue weighted by Crippen LogP contribution is -2.13. The van der Waals surface area contributed by atoms with Crippen LogP contribution in [0.1, 0.15) is 5.56 Å². The lowest BCUT2D eigenvalue weighted by molar-refractivity contribution is 0.0512. The second kappa shape index (κ2) is 5.43. The fourth-order valence-corrected chi connectivity index (χ4v) is 1.19. The number of nitrogens with zero attached hydrogens (tertiary/aromatic N) is 1. The topological polar surface area (TPSA) is 77.1 Å². The average molecular weight is 231 g/mol. The standard InChI is InChI=1S/C9H11ClN2O3/c1-14-5-15-8-3-2-6(4-7(8)10)9(11)12-13/h2-4,13H,5H2,1H3,(H2,11,12). The Kier molecular flexibility index (Phi) is 4.20. The van der Waals surface area contributed by atoms with Crippen molar-refractivity contribution in [3.8, 4) is 5.75 Å². The molecule has 0 aliphatic carbocycles. The fraction of sp³-hybridized carbons (Fsp3) is 0.222. The number of ether oxygens (including phenoxy) is 2. The van der Waals surface area contributed by atoms with Gasteiger partial charge < -0.3 is 20.4 Å². The van der Waals surface area contributed by atoms with Crippen molar-refractivity contribution in [2.24, 2.45) is 10.9 Å². The first-order valence-corrected chi connectivity index (χ1v) is 4.46. The van der Waals surface area contributed by atoms with Crippen LogP contribution in [0.2, 0.25) is 5.02 Å². The van der Waals surface area contributed by atoms with Crippen molar-refractivity contribution in [2.45, 2.75) is 0 Å². The summed E-state index contributed by atoms with van der Waals surface area (Å²) in [6, 6.07) is 4.79. The van der Waals surface area contributed by atoms with Gasteiger partial charge in [-0.05, 0) is 18.2 Å². The zero-order valence-corrected chi connectivity index (χ0v) is 8.86. The van der Waals surface area contributed by atoms with Gasteiger partial charge in [-0.15, -0.1) is 0 Å². The predicted octanol–water partition coefficient (Wildman–Crippen LogP) is 1.42. The van der Waals surface area contributed by atoms with Crippen molar-refractivity contribution >= 4 is 17.4 Å². The van der Waals surface area contributed by atoms with Crippen LogP contribution >= 0.6 is 11.6 Å². The van der Waals surface area contributed by atoms with Crippen LogP contribution < -0.4 is 10.5 Å². The van der Waals surface area contributed by atoms with Gasteiger partial charge in [0.1, 0.15) is 5.75 Å². The Morgan fingerprint density at radius 2 is 2.33 bits per heavy atom. The van der Waals surface area contributed by atoms with Crippen molar-refractivity contribution in [2.75, 3.05) is 13.9 Å². The zero-order valence-electron chi connectivity index (χ0n) is 8.11. The van der Waals surface area contributed by atoms with Crippen LogP contribution in [0.3, 0.4) is 0 Å². The summed E-state index contributed by atoms with van der Waals surface area (Å²) in [7, 11) is 1.51. The molecule has 0 aliphatic heterocycles.